The third-order valence-electron chi connectivity index (χ3n) is 13.0. The Balaban J connectivity index is 4.36. The van der Waals surface area contributed by atoms with Crippen molar-refractivity contribution < 1.29 is 42.9 Å². The number of hydrogen-bond donors (Lipinski definition) is 1. The van der Waals surface area contributed by atoms with Gasteiger partial charge in [0, 0.05) is 12.8 Å². The summed E-state index contributed by atoms with van der Waals surface area (Å²) in [5, 5.41) is 9.74. The maximum atomic E-state index is 12.9. The summed E-state index contributed by atoms with van der Waals surface area (Å²) in [7, 11) is 5.94. The van der Waals surface area contributed by atoms with Crippen LogP contribution in [0, 0.1) is 0 Å². The second-order valence-corrected chi connectivity index (χ2v) is 22.3. The maximum absolute atomic E-state index is 12.9. The first-order valence-electron chi connectivity index (χ1n) is 33.2. The summed E-state index contributed by atoms with van der Waals surface area (Å²) in [5.74, 6) is -2.10. The highest BCUT2D eigenvalue weighted by molar-refractivity contribution is 5.71. The lowest BCUT2D eigenvalue weighted by atomic mass is 10.1. The molecule has 0 aromatic carbocycles. The number of quaternary nitrogens is 1. The molecule has 87 heavy (non-hydrogen) atoms. The summed E-state index contributed by atoms with van der Waals surface area (Å²) in [5.41, 5.74) is 0. The number of carbonyl (C=O) groups is 3. The zero-order valence-electron chi connectivity index (χ0n) is 55.1. The largest absolute Gasteiger partial charge is 0.477 e. The van der Waals surface area contributed by atoms with Crippen molar-refractivity contribution in [3.8, 4) is 0 Å². The first kappa shape index (κ1) is 80.9. The van der Waals surface area contributed by atoms with E-state index in [9.17, 15) is 19.5 Å². The van der Waals surface area contributed by atoms with Crippen molar-refractivity contribution in [3.63, 3.8) is 0 Å². The van der Waals surface area contributed by atoms with Gasteiger partial charge in [-0.1, -0.05) is 253 Å². The number of hydrogen-bond acceptors (Lipinski definition) is 7. The number of aliphatic carboxylic acids is 1. The lowest BCUT2D eigenvalue weighted by molar-refractivity contribution is -0.870. The normalized spacial score (nSPS) is 14.1. The van der Waals surface area contributed by atoms with E-state index in [0.29, 0.717) is 23.9 Å². The van der Waals surface area contributed by atoms with Crippen LogP contribution in [0.15, 0.2) is 207 Å². The summed E-state index contributed by atoms with van der Waals surface area (Å²) in [6.07, 6.45) is 101. The minimum atomic E-state index is -1.54. The van der Waals surface area contributed by atoms with Crippen LogP contribution >= 0.6 is 0 Å². The quantitative estimate of drug-likeness (QED) is 0.0211. The fourth-order valence-electron chi connectivity index (χ4n) is 8.02. The number of esters is 2. The average Bonchev–Trinajstić information content (AvgIpc) is 3.56. The van der Waals surface area contributed by atoms with Crippen LogP contribution in [0.1, 0.15) is 206 Å². The molecule has 0 rings (SSSR count). The summed E-state index contributed by atoms with van der Waals surface area (Å²) in [4.78, 5) is 37.6. The topological polar surface area (TPSA) is 108 Å². The minimum Gasteiger partial charge on any atom is -0.477 e. The van der Waals surface area contributed by atoms with Gasteiger partial charge in [-0.2, -0.15) is 0 Å². The fraction of sp³-hybridized carbons (Fsp3) is 0.526. The molecular formula is C78H120NO8+. The van der Waals surface area contributed by atoms with Gasteiger partial charge in [-0.3, -0.25) is 9.59 Å². The smallest absolute Gasteiger partial charge is 0.361 e. The van der Waals surface area contributed by atoms with Crippen LogP contribution in [-0.4, -0.2) is 87.4 Å². The zero-order chi connectivity index (χ0) is 63.3. The summed E-state index contributed by atoms with van der Waals surface area (Å²) >= 11 is 0. The zero-order valence-corrected chi connectivity index (χ0v) is 55.1. The molecule has 0 aromatic heterocycles. The standard InChI is InChI=1S/C78H119NO8/c1-6-8-10-12-14-16-18-20-22-24-26-28-30-32-34-36-38-40-42-44-46-48-50-52-54-56-58-60-62-64-66-68-75(80)85-72-74(73-86-78(77(82)83)84-71-70-79(3,4)5)87-76(81)69-67-65-63-61-59-57-55-53-51-49-47-45-43-41-39-37-35-33-31-29-27-25-23-21-19-17-15-13-11-9-7-2/h8-11,14-17,20-23,26-29,32-35,38-41,44-47,50-53,57,59,74,78H,6-7,12-13,18-19,24-25,30-31,36-37,42-43,48-49,54-56,58,60-73H2,1-5H3/p+1/b10-8-,11-9-,16-14-,17-15-,22-20-,23-21-,28-26-,29-27-,34-32-,35-33-,40-38-,41-39-,46-44-,47-45-,52-50-,53-51-,59-57-. The van der Waals surface area contributed by atoms with Gasteiger partial charge in [-0.05, 0) is 148 Å². The first-order valence-corrected chi connectivity index (χ1v) is 33.2. The molecule has 2 atom stereocenters. The lowest BCUT2D eigenvalue weighted by Crippen LogP contribution is -2.40. The second kappa shape index (κ2) is 65.8. The van der Waals surface area contributed by atoms with Gasteiger partial charge >= 0.3 is 17.9 Å². The van der Waals surface area contributed by atoms with Crippen molar-refractivity contribution in [2.45, 2.75) is 219 Å². The van der Waals surface area contributed by atoms with E-state index in [2.05, 4.69) is 220 Å². The SMILES string of the molecule is CC/C=C\C/C=C\C/C=C\C/C=C\C/C=C\C/C=C\C/C=C\C/C=C\C/C=C\CCCCCC(=O)OC(COC(=O)CCCCCCCC/C=C\C/C=C\C/C=C\C/C=C\C/C=C\C/C=C\C/C=C\C/C=C\CC)COC(OCC[N+](C)(C)C)C(=O)O. The number of nitrogens with zero attached hydrogens (tertiary/aromatic N) is 1. The van der Waals surface area contributed by atoms with Crippen molar-refractivity contribution in [2.75, 3.05) is 47.5 Å². The Labute approximate surface area is 531 Å². The Morgan fingerprint density at radius 3 is 0.931 bits per heavy atom. The Bertz CT molecular complexity index is 2180. The molecule has 0 saturated carbocycles. The molecule has 0 fully saturated rings. The number of rotatable bonds is 58. The highest BCUT2D eigenvalue weighted by Crippen LogP contribution is 2.13. The molecule has 0 spiro atoms. The van der Waals surface area contributed by atoms with Crippen molar-refractivity contribution in [2.24, 2.45) is 0 Å². The van der Waals surface area contributed by atoms with Crippen LogP contribution in [0.2, 0.25) is 0 Å². The van der Waals surface area contributed by atoms with Gasteiger partial charge < -0.3 is 28.5 Å². The molecule has 0 radical (unpaired) electrons. The molecule has 0 amide bonds. The Kier molecular flexibility index (Phi) is 61.2. The van der Waals surface area contributed by atoms with E-state index in [0.717, 1.165) is 167 Å². The van der Waals surface area contributed by atoms with E-state index in [1.165, 1.54) is 0 Å². The maximum Gasteiger partial charge on any atom is 0.361 e. The van der Waals surface area contributed by atoms with E-state index in [1.807, 2.05) is 21.1 Å². The molecule has 484 valence electrons. The number of unbranched alkanes of at least 4 members (excludes halogenated alkanes) is 9. The van der Waals surface area contributed by atoms with Gasteiger partial charge in [0.15, 0.2) is 6.10 Å². The Morgan fingerprint density at radius 2 is 0.621 bits per heavy atom. The van der Waals surface area contributed by atoms with Crippen molar-refractivity contribution in [3.05, 3.63) is 207 Å². The summed E-state index contributed by atoms with van der Waals surface area (Å²) in [6, 6.07) is 0. The molecule has 0 saturated heterocycles. The predicted molar refractivity (Wildman–Crippen MR) is 372 cm³/mol. The van der Waals surface area contributed by atoms with Crippen LogP contribution in [0.3, 0.4) is 0 Å². The molecule has 9 nitrogen and oxygen atoms in total. The van der Waals surface area contributed by atoms with Gasteiger partial charge in [0.25, 0.3) is 6.29 Å². The van der Waals surface area contributed by atoms with Gasteiger partial charge in [0.05, 0.1) is 34.4 Å². The molecule has 0 aliphatic carbocycles. The molecule has 0 aliphatic heterocycles. The number of likely N-dealkylation sites (N-methyl/N-ethyl adjacent to an activating group) is 1. The molecule has 1 N–H and O–H groups in total. The molecule has 2 unspecified atom stereocenters. The van der Waals surface area contributed by atoms with E-state index in [-0.39, 0.29) is 38.6 Å². The van der Waals surface area contributed by atoms with Gasteiger partial charge in [0.2, 0.25) is 0 Å². The van der Waals surface area contributed by atoms with Gasteiger partial charge in [-0.15, -0.1) is 0 Å². The van der Waals surface area contributed by atoms with Crippen molar-refractivity contribution >= 4 is 17.9 Å². The third kappa shape index (κ3) is 67.2. The van der Waals surface area contributed by atoms with Crippen molar-refractivity contribution in [1.29, 1.82) is 0 Å². The van der Waals surface area contributed by atoms with Crippen LogP contribution in [0.4, 0.5) is 0 Å². The number of carboxylic acids is 1. The van der Waals surface area contributed by atoms with Crippen LogP contribution in [-0.2, 0) is 33.3 Å². The second-order valence-electron chi connectivity index (χ2n) is 22.3. The molecular weight excluding hydrogens is 1080 g/mol. The molecule has 0 aromatic rings. The fourth-order valence-corrected chi connectivity index (χ4v) is 8.02. The summed E-state index contributed by atoms with van der Waals surface area (Å²) in [6.45, 7) is 4.55. The first-order chi connectivity index (χ1) is 42.6. The average molecular weight is 1200 g/mol. The molecule has 0 heterocycles. The number of ether oxygens (including phenoxy) is 4. The highest BCUT2D eigenvalue weighted by atomic mass is 16.7. The van der Waals surface area contributed by atoms with E-state index in [4.69, 9.17) is 18.9 Å². The molecule has 9 heteroatoms. The Morgan fingerprint density at radius 1 is 0.345 bits per heavy atom. The third-order valence-corrected chi connectivity index (χ3v) is 13.0. The molecule has 0 bridgehead atoms. The van der Waals surface area contributed by atoms with E-state index < -0.39 is 24.3 Å². The monoisotopic (exact) mass is 1200 g/mol. The lowest BCUT2D eigenvalue weighted by Gasteiger charge is -2.25. The van der Waals surface area contributed by atoms with Crippen LogP contribution < -0.4 is 0 Å². The van der Waals surface area contributed by atoms with Gasteiger partial charge in [-0.25, -0.2) is 4.79 Å². The highest BCUT2D eigenvalue weighted by Gasteiger charge is 2.25. The van der Waals surface area contributed by atoms with E-state index >= 15 is 0 Å². The minimum absolute atomic E-state index is 0.165. The summed E-state index contributed by atoms with van der Waals surface area (Å²) < 4.78 is 22.9. The van der Waals surface area contributed by atoms with Crippen LogP contribution in [0.5, 0.6) is 0 Å². The molecule has 0 aliphatic rings. The Hall–Kier alpha value is -6.13. The number of allylic oxidation sites excluding steroid dienone is 34. The van der Waals surface area contributed by atoms with E-state index in [1.54, 1.807) is 0 Å². The van der Waals surface area contributed by atoms with Gasteiger partial charge in [0.1, 0.15) is 13.2 Å². The van der Waals surface area contributed by atoms with Crippen molar-refractivity contribution in [1.82, 2.24) is 0 Å². The van der Waals surface area contributed by atoms with Crippen LogP contribution in [0.25, 0.3) is 0 Å². The number of carbonyl (C=O) groups excluding carboxylic acids is 2. The number of carboxylic acid groups (broad SMARTS) is 1. The predicted octanol–water partition coefficient (Wildman–Crippen LogP) is 20.8.